The Morgan fingerprint density at radius 2 is 1.72 bits per heavy atom. The molecule has 2 amide bonds. The number of aryl methyl sites for hydroxylation is 2. The predicted molar refractivity (Wildman–Crippen MR) is 127 cm³/mol. The van der Waals surface area contributed by atoms with Crippen molar-refractivity contribution in [3.8, 4) is 11.4 Å². The van der Waals surface area contributed by atoms with Crippen LogP contribution in [0.4, 0.5) is 51.1 Å². The number of rotatable bonds is 5. The van der Waals surface area contributed by atoms with Crippen molar-refractivity contribution in [2.24, 2.45) is 0 Å². The van der Waals surface area contributed by atoms with Gasteiger partial charge >= 0.3 is 12.2 Å². The molecule has 13 heteroatoms. The maximum absolute atomic E-state index is 14.3. The molecule has 0 unspecified atom stereocenters. The summed E-state index contributed by atoms with van der Waals surface area (Å²) in [6, 6.07) is 8.81. The van der Waals surface area contributed by atoms with Crippen LogP contribution in [0.5, 0.6) is 0 Å². The first-order valence-corrected chi connectivity index (χ1v) is 10.5. The van der Waals surface area contributed by atoms with E-state index in [1.807, 2.05) is 0 Å². The summed E-state index contributed by atoms with van der Waals surface area (Å²) in [5.41, 5.74) is 6.11. The van der Waals surface area contributed by atoms with Gasteiger partial charge in [-0.2, -0.15) is 18.3 Å². The van der Waals surface area contributed by atoms with Crippen molar-refractivity contribution in [3.63, 3.8) is 0 Å². The Labute approximate surface area is 202 Å². The number of hydrogen-bond donors (Lipinski definition) is 5. The molecular formula is C23H20F4N8O. The number of benzene rings is 2. The van der Waals surface area contributed by atoms with Gasteiger partial charge in [-0.15, -0.1) is 0 Å². The number of anilines is 5. The molecule has 0 bridgehead atoms. The molecule has 0 fully saturated rings. The number of aromatic nitrogens is 4. The second kappa shape index (κ2) is 9.52. The number of amides is 2. The number of hydrogen-bond acceptors (Lipinski definition) is 6. The third-order valence-corrected chi connectivity index (χ3v) is 5.05. The molecule has 0 saturated heterocycles. The number of urea groups is 1. The lowest BCUT2D eigenvalue weighted by Gasteiger charge is -2.14. The van der Waals surface area contributed by atoms with E-state index in [2.05, 4.69) is 36.1 Å². The number of nitrogens with two attached hydrogens (primary N) is 1. The summed E-state index contributed by atoms with van der Waals surface area (Å²) in [6.07, 6.45) is -3.65. The van der Waals surface area contributed by atoms with E-state index in [0.717, 1.165) is 29.6 Å². The van der Waals surface area contributed by atoms with Gasteiger partial charge in [0, 0.05) is 34.4 Å². The number of alkyl halides is 3. The molecule has 0 saturated carbocycles. The van der Waals surface area contributed by atoms with Gasteiger partial charge in [0.25, 0.3) is 0 Å². The fourth-order valence-electron chi connectivity index (χ4n) is 3.30. The van der Waals surface area contributed by atoms with Crippen molar-refractivity contribution in [2.45, 2.75) is 20.0 Å². The van der Waals surface area contributed by atoms with E-state index in [-0.39, 0.29) is 17.3 Å². The van der Waals surface area contributed by atoms with Crippen LogP contribution in [0.1, 0.15) is 16.8 Å². The Hall–Kier alpha value is -4.68. The lowest BCUT2D eigenvalue weighted by molar-refractivity contribution is -0.136. The number of aromatic amines is 1. The molecule has 4 aromatic rings. The van der Waals surface area contributed by atoms with Gasteiger partial charge in [0.1, 0.15) is 0 Å². The van der Waals surface area contributed by atoms with Gasteiger partial charge in [-0.3, -0.25) is 5.10 Å². The highest BCUT2D eigenvalue weighted by Gasteiger charge is 2.33. The minimum atomic E-state index is -4.66. The van der Waals surface area contributed by atoms with E-state index in [9.17, 15) is 22.4 Å². The van der Waals surface area contributed by atoms with Gasteiger partial charge in [-0.05, 0) is 49.7 Å². The molecule has 6 N–H and O–H groups in total. The molecule has 4 rings (SSSR count). The second-order valence-corrected chi connectivity index (χ2v) is 7.86. The standard InChI is InChI=1S/C23H20F4N8O/c1-11-3-4-13(30-22(36)31-14-5-6-18(28)16(9-14)23(25,26)27)8-15(11)20-29-10-17(24)21(33-20)32-19-7-12(2)34-35-19/h3-10H,28H2,1-2H3,(H2,30,31,36)(H2,29,32,33,34,35). The van der Waals surface area contributed by atoms with Crippen molar-refractivity contribution in [3.05, 3.63) is 71.3 Å². The Morgan fingerprint density at radius 3 is 2.39 bits per heavy atom. The van der Waals surface area contributed by atoms with Crippen LogP contribution in [-0.4, -0.2) is 26.2 Å². The third kappa shape index (κ3) is 5.51. The quantitative estimate of drug-likeness (QED) is 0.179. The highest BCUT2D eigenvalue weighted by Crippen LogP contribution is 2.35. The van der Waals surface area contributed by atoms with Crippen LogP contribution in [0.3, 0.4) is 0 Å². The van der Waals surface area contributed by atoms with Crippen LogP contribution in [0, 0.1) is 19.7 Å². The van der Waals surface area contributed by atoms with Crippen molar-refractivity contribution in [1.29, 1.82) is 0 Å². The van der Waals surface area contributed by atoms with Crippen LogP contribution in [0.2, 0.25) is 0 Å². The summed E-state index contributed by atoms with van der Waals surface area (Å²) in [6.45, 7) is 3.57. The molecule has 0 spiro atoms. The van der Waals surface area contributed by atoms with Crippen LogP contribution < -0.4 is 21.7 Å². The smallest absolute Gasteiger partial charge is 0.398 e. The van der Waals surface area contributed by atoms with E-state index < -0.39 is 29.3 Å². The number of H-pyrrole nitrogens is 1. The molecule has 0 aliphatic rings. The first-order valence-electron chi connectivity index (χ1n) is 10.5. The average molecular weight is 500 g/mol. The van der Waals surface area contributed by atoms with Gasteiger partial charge in [-0.1, -0.05) is 6.07 Å². The highest BCUT2D eigenvalue weighted by molar-refractivity contribution is 6.00. The minimum absolute atomic E-state index is 0.0902. The van der Waals surface area contributed by atoms with Gasteiger partial charge in [-0.25, -0.2) is 19.2 Å². The van der Waals surface area contributed by atoms with Crippen LogP contribution in [0.15, 0.2) is 48.7 Å². The Morgan fingerprint density at radius 1 is 1.03 bits per heavy atom. The molecule has 2 heterocycles. The van der Waals surface area contributed by atoms with E-state index in [1.54, 1.807) is 38.1 Å². The number of halogens is 4. The average Bonchev–Trinajstić information content (AvgIpc) is 3.21. The molecule has 0 aliphatic carbocycles. The van der Waals surface area contributed by atoms with Gasteiger partial charge in [0.15, 0.2) is 23.3 Å². The predicted octanol–water partition coefficient (Wildman–Crippen LogP) is 5.61. The zero-order valence-corrected chi connectivity index (χ0v) is 19.0. The number of carbonyl (C=O) groups is 1. The van der Waals surface area contributed by atoms with Crippen molar-refractivity contribution in [1.82, 2.24) is 20.2 Å². The van der Waals surface area contributed by atoms with E-state index in [1.165, 1.54) is 6.07 Å². The molecule has 0 atom stereocenters. The molecule has 9 nitrogen and oxygen atoms in total. The monoisotopic (exact) mass is 500 g/mol. The van der Waals surface area contributed by atoms with Crippen LogP contribution in [0.25, 0.3) is 11.4 Å². The fourth-order valence-corrected chi connectivity index (χ4v) is 3.30. The summed E-state index contributed by atoms with van der Waals surface area (Å²) in [4.78, 5) is 20.7. The number of nitrogen functional groups attached to an aromatic ring is 1. The maximum Gasteiger partial charge on any atom is 0.418 e. The van der Waals surface area contributed by atoms with E-state index in [4.69, 9.17) is 5.73 Å². The number of nitrogens with one attached hydrogen (secondary N) is 4. The summed E-state index contributed by atoms with van der Waals surface area (Å²) < 4.78 is 53.5. The Balaban J connectivity index is 1.54. The van der Waals surface area contributed by atoms with Crippen molar-refractivity contribution >= 4 is 34.7 Å². The lowest BCUT2D eigenvalue weighted by Crippen LogP contribution is -2.20. The third-order valence-electron chi connectivity index (χ3n) is 5.05. The topological polar surface area (TPSA) is 134 Å². The molecule has 186 valence electrons. The van der Waals surface area contributed by atoms with E-state index >= 15 is 0 Å². The van der Waals surface area contributed by atoms with Crippen molar-refractivity contribution < 1.29 is 22.4 Å². The maximum atomic E-state index is 14.3. The summed E-state index contributed by atoms with van der Waals surface area (Å²) in [7, 11) is 0. The number of nitrogens with zero attached hydrogens (tertiary/aromatic N) is 3. The first-order chi connectivity index (χ1) is 17.0. The molecule has 36 heavy (non-hydrogen) atoms. The van der Waals surface area contributed by atoms with Crippen molar-refractivity contribution in [2.75, 3.05) is 21.7 Å². The lowest BCUT2D eigenvalue weighted by atomic mass is 10.1. The highest BCUT2D eigenvalue weighted by atomic mass is 19.4. The normalized spacial score (nSPS) is 11.3. The van der Waals surface area contributed by atoms with Gasteiger partial charge in [0.05, 0.1) is 11.8 Å². The van der Waals surface area contributed by atoms with Crippen LogP contribution in [-0.2, 0) is 6.18 Å². The number of carbonyl (C=O) groups excluding carboxylic acids is 1. The fraction of sp³-hybridized carbons (Fsp3) is 0.130. The summed E-state index contributed by atoms with van der Waals surface area (Å²) in [5.74, 6) is -0.226. The largest absolute Gasteiger partial charge is 0.418 e. The Kier molecular flexibility index (Phi) is 6.47. The SMILES string of the molecule is Cc1cc(Nc2nc(-c3cc(NC(=O)Nc4ccc(N)c(C(F)(F)F)c4)ccc3C)ncc2F)n[nH]1. The molecular weight excluding hydrogens is 480 g/mol. The molecule has 2 aromatic heterocycles. The summed E-state index contributed by atoms with van der Waals surface area (Å²) in [5, 5.41) is 14.4. The molecule has 0 aliphatic heterocycles. The molecule has 0 radical (unpaired) electrons. The summed E-state index contributed by atoms with van der Waals surface area (Å²) >= 11 is 0. The molecule has 2 aromatic carbocycles. The van der Waals surface area contributed by atoms with Crippen LogP contribution >= 0.6 is 0 Å². The zero-order chi connectivity index (χ0) is 26.0. The van der Waals surface area contributed by atoms with E-state index in [0.29, 0.717) is 17.1 Å². The Bertz CT molecular complexity index is 1430. The second-order valence-electron chi connectivity index (χ2n) is 7.86. The zero-order valence-electron chi connectivity index (χ0n) is 19.0. The van der Waals surface area contributed by atoms with Gasteiger partial charge < -0.3 is 21.7 Å². The first kappa shape index (κ1) is 24.4. The minimum Gasteiger partial charge on any atom is -0.398 e. The van der Waals surface area contributed by atoms with Gasteiger partial charge in [0.2, 0.25) is 0 Å².